The Morgan fingerprint density at radius 2 is 1.52 bits per heavy atom. The summed E-state index contributed by atoms with van der Waals surface area (Å²) >= 11 is 0. The van der Waals surface area contributed by atoms with E-state index in [9.17, 15) is 9.59 Å². The molecular weight excluding hydrogens is 292 g/mol. The first-order valence-electron chi connectivity index (χ1n) is 8.31. The van der Waals surface area contributed by atoms with Crippen LogP contribution in [0.3, 0.4) is 0 Å². The molecule has 1 aromatic rings. The predicted molar refractivity (Wildman–Crippen MR) is 88.9 cm³/mol. The van der Waals surface area contributed by atoms with Crippen molar-refractivity contribution in [3.63, 3.8) is 0 Å². The fourth-order valence-electron chi connectivity index (χ4n) is 2.91. The normalized spacial score (nSPS) is 14.3. The molecule has 23 heavy (non-hydrogen) atoms. The molecule has 1 fully saturated rings. The maximum absolute atomic E-state index is 11.9. The molecule has 4 heteroatoms. The number of ether oxygens (including phenoxy) is 2. The van der Waals surface area contributed by atoms with E-state index in [1.807, 2.05) is 12.1 Å². The molecule has 4 nitrogen and oxygen atoms in total. The second-order valence-corrected chi connectivity index (χ2v) is 5.65. The summed E-state index contributed by atoms with van der Waals surface area (Å²) in [5.41, 5.74) is 2.05. The summed E-state index contributed by atoms with van der Waals surface area (Å²) in [6.45, 7) is 3.85. The van der Waals surface area contributed by atoms with Crippen LogP contribution < -0.4 is 0 Å². The van der Waals surface area contributed by atoms with Gasteiger partial charge in [0.05, 0.1) is 13.2 Å². The number of carbonyl (C=O) groups excluding carboxylic acids is 2. The van der Waals surface area contributed by atoms with Crippen LogP contribution in [0, 0.1) is 0 Å². The molecule has 0 saturated heterocycles. The van der Waals surface area contributed by atoms with Gasteiger partial charge >= 0.3 is 11.9 Å². The summed E-state index contributed by atoms with van der Waals surface area (Å²) in [5, 5.41) is 0. The Bertz CT molecular complexity index is 546. The molecule has 2 rings (SSSR count). The SMILES string of the molecule is CCOC(=O)C(=Cc1ccc(C2CCCC2)cc1)C(=O)OCC. The third-order valence-corrected chi connectivity index (χ3v) is 4.06. The predicted octanol–water partition coefficient (Wildman–Crippen LogP) is 3.85. The second-order valence-electron chi connectivity index (χ2n) is 5.65. The summed E-state index contributed by atoms with van der Waals surface area (Å²) in [6, 6.07) is 8.03. The number of hydrogen-bond acceptors (Lipinski definition) is 4. The minimum Gasteiger partial charge on any atom is -0.462 e. The molecule has 0 radical (unpaired) electrons. The number of esters is 2. The largest absolute Gasteiger partial charge is 0.462 e. The van der Waals surface area contributed by atoms with Crippen molar-refractivity contribution in [3.05, 3.63) is 41.0 Å². The summed E-state index contributed by atoms with van der Waals surface area (Å²) < 4.78 is 9.88. The van der Waals surface area contributed by atoms with Crippen LogP contribution in [-0.2, 0) is 19.1 Å². The van der Waals surface area contributed by atoms with Crippen molar-refractivity contribution in [1.82, 2.24) is 0 Å². The van der Waals surface area contributed by atoms with E-state index in [4.69, 9.17) is 9.47 Å². The third kappa shape index (κ3) is 4.68. The molecule has 0 heterocycles. The van der Waals surface area contributed by atoms with E-state index in [0.29, 0.717) is 5.92 Å². The van der Waals surface area contributed by atoms with Crippen molar-refractivity contribution < 1.29 is 19.1 Å². The van der Waals surface area contributed by atoms with Crippen LogP contribution in [-0.4, -0.2) is 25.2 Å². The van der Waals surface area contributed by atoms with Gasteiger partial charge in [-0.15, -0.1) is 0 Å². The van der Waals surface area contributed by atoms with Crippen LogP contribution in [0.25, 0.3) is 6.08 Å². The molecule has 0 unspecified atom stereocenters. The van der Waals surface area contributed by atoms with Crippen molar-refractivity contribution in [1.29, 1.82) is 0 Å². The monoisotopic (exact) mass is 316 g/mol. The zero-order valence-corrected chi connectivity index (χ0v) is 13.8. The Kier molecular flexibility index (Phi) is 6.39. The smallest absolute Gasteiger partial charge is 0.345 e. The molecule has 124 valence electrons. The fourth-order valence-corrected chi connectivity index (χ4v) is 2.91. The van der Waals surface area contributed by atoms with Crippen molar-refractivity contribution in [3.8, 4) is 0 Å². The summed E-state index contributed by atoms with van der Waals surface area (Å²) in [4.78, 5) is 23.9. The van der Waals surface area contributed by atoms with Gasteiger partial charge in [-0.2, -0.15) is 0 Å². The fraction of sp³-hybridized carbons (Fsp3) is 0.474. The molecule has 0 spiro atoms. The van der Waals surface area contributed by atoms with E-state index in [0.717, 1.165) is 5.56 Å². The number of carbonyl (C=O) groups is 2. The van der Waals surface area contributed by atoms with Gasteiger partial charge in [0, 0.05) is 0 Å². The van der Waals surface area contributed by atoms with Gasteiger partial charge in [0.1, 0.15) is 5.57 Å². The van der Waals surface area contributed by atoms with Crippen molar-refractivity contribution in [2.75, 3.05) is 13.2 Å². The van der Waals surface area contributed by atoms with Gasteiger partial charge in [-0.05, 0) is 49.8 Å². The quantitative estimate of drug-likeness (QED) is 0.346. The van der Waals surface area contributed by atoms with Gasteiger partial charge in [0.25, 0.3) is 0 Å². The van der Waals surface area contributed by atoms with Crippen LogP contribution in [0.2, 0.25) is 0 Å². The lowest BCUT2D eigenvalue weighted by Gasteiger charge is -2.10. The highest BCUT2D eigenvalue weighted by molar-refractivity contribution is 6.17. The average Bonchev–Trinajstić information content (AvgIpc) is 3.08. The van der Waals surface area contributed by atoms with Crippen LogP contribution in [0.4, 0.5) is 0 Å². The molecule has 0 atom stereocenters. The minimum atomic E-state index is -0.647. The summed E-state index contributed by atoms with van der Waals surface area (Å²) in [5.74, 6) is -0.653. The van der Waals surface area contributed by atoms with E-state index >= 15 is 0 Å². The lowest BCUT2D eigenvalue weighted by atomic mass is 9.96. The molecule has 0 aromatic heterocycles. The first kappa shape index (κ1) is 17.3. The lowest BCUT2D eigenvalue weighted by molar-refractivity contribution is -0.146. The number of benzene rings is 1. The standard InChI is InChI=1S/C19H24O4/c1-3-22-18(20)17(19(21)23-4-2)13-14-9-11-16(12-10-14)15-7-5-6-8-15/h9-13,15H,3-8H2,1-2H3. The highest BCUT2D eigenvalue weighted by Gasteiger charge is 2.21. The van der Waals surface area contributed by atoms with E-state index in [1.54, 1.807) is 13.8 Å². The molecule has 1 aliphatic rings. The van der Waals surface area contributed by atoms with Crippen molar-refractivity contribution in [2.24, 2.45) is 0 Å². The first-order valence-corrected chi connectivity index (χ1v) is 8.31. The van der Waals surface area contributed by atoms with Gasteiger partial charge in [-0.1, -0.05) is 37.1 Å². The Morgan fingerprint density at radius 1 is 1.00 bits per heavy atom. The van der Waals surface area contributed by atoms with Gasteiger partial charge in [0.2, 0.25) is 0 Å². The molecule has 1 saturated carbocycles. The Hall–Kier alpha value is -2.10. The Balaban J connectivity index is 2.19. The zero-order chi connectivity index (χ0) is 16.7. The van der Waals surface area contributed by atoms with Gasteiger partial charge in [-0.25, -0.2) is 9.59 Å². The molecular formula is C19H24O4. The van der Waals surface area contributed by atoms with Crippen molar-refractivity contribution >= 4 is 18.0 Å². The number of rotatable bonds is 6. The van der Waals surface area contributed by atoms with Crippen molar-refractivity contribution in [2.45, 2.75) is 45.4 Å². The summed E-state index contributed by atoms with van der Waals surface area (Å²) in [6.07, 6.45) is 6.61. The zero-order valence-electron chi connectivity index (χ0n) is 13.8. The molecule has 0 bridgehead atoms. The molecule has 0 amide bonds. The van der Waals surface area contributed by atoms with Crippen LogP contribution >= 0.6 is 0 Å². The van der Waals surface area contributed by atoms with Gasteiger partial charge in [0.15, 0.2) is 0 Å². The third-order valence-electron chi connectivity index (χ3n) is 4.06. The molecule has 1 aliphatic carbocycles. The molecule has 0 N–H and O–H groups in total. The van der Waals surface area contributed by atoms with Crippen LogP contribution in [0.5, 0.6) is 0 Å². The second kappa shape index (κ2) is 8.51. The molecule has 0 aliphatic heterocycles. The minimum absolute atomic E-state index is 0.0673. The Morgan fingerprint density at radius 3 is 2.00 bits per heavy atom. The van der Waals surface area contributed by atoms with Gasteiger partial charge < -0.3 is 9.47 Å². The molecule has 1 aromatic carbocycles. The number of hydrogen-bond donors (Lipinski definition) is 0. The van der Waals surface area contributed by atoms with Crippen LogP contribution in [0.1, 0.15) is 56.6 Å². The van der Waals surface area contributed by atoms with E-state index in [2.05, 4.69) is 12.1 Å². The summed E-state index contributed by atoms with van der Waals surface area (Å²) in [7, 11) is 0. The van der Waals surface area contributed by atoms with Gasteiger partial charge in [-0.3, -0.25) is 0 Å². The Labute approximate surface area is 137 Å². The highest BCUT2D eigenvalue weighted by atomic mass is 16.6. The van der Waals surface area contributed by atoms with E-state index < -0.39 is 11.9 Å². The first-order chi connectivity index (χ1) is 11.2. The lowest BCUT2D eigenvalue weighted by Crippen LogP contribution is -2.18. The van der Waals surface area contributed by atoms with Crippen LogP contribution in [0.15, 0.2) is 29.8 Å². The van der Waals surface area contributed by atoms with E-state index in [1.165, 1.54) is 37.3 Å². The average molecular weight is 316 g/mol. The van der Waals surface area contributed by atoms with E-state index in [-0.39, 0.29) is 18.8 Å². The maximum atomic E-state index is 11.9. The topological polar surface area (TPSA) is 52.6 Å². The highest BCUT2D eigenvalue weighted by Crippen LogP contribution is 2.34. The maximum Gasteiger partial charge on any atom is 0.345 e.